The summed E-state index contributed by atoms with van der Waals surface area (Å²) < 4.78 is 10.9. The summed E-state index contributed by atoms with van der Waals surface area (Å²) >= 11 is 0. The first kappa shape index (κ1) is 14.9. The van der Waals surface area contributed by atoms with Gasteiger partial charge >= 0.3 is 0 Å². The van der Waals surface area contributed by atoms with Crippen LogP contribution in [0.5, 0.6) is 0 Å². The molecule has 0 spiro atoms. The molecule has 0 atom stereocenters. The number of ether oxygens (including phenoxy) is 2. The van der Waals surface area contributed by atoms with E-state index in [9.17, 15) is 0 Å². The molecular formula is C13H28O2. The van der Waals surface area contributed by atoms with Crippen molar-refractivity contribution < 1.29 is 9.47 Å². The minimum absolute atomic E-state index is 0.0355. The Morgan fingerprint density at radius 2 is 1.47 bits per heavy atom. The first-order valence-electron chi connectivity index (χ1n) is 6.05. The molecule has 0 heterocycles. The second-order valence-corrected chi connectivity index (χ2v) is 4.92. The van der Waals surface area contributed by atoms with Crippen molar-refractivity contribution in [3.63, 3.8) is 0 Å². The standard InChI is InChI=1S/C13H28O2/c1-11(2)13(15-6,12(3)4)9-7-8-10-14-5/h11-12H,7-10H2,1-6H3. The normalized spacial score (nSPS) is 12.8. The Kier molecular flexibility index (Phi) is 7.20. The number of methoxy groups -OCH3 is 2. The lowest BCUT2D eigenvalue weighted by molar-refractivity contribution is -0.0911. The molecule has 0 bridgehead atoms. The monoisotopic (exact) mass is 216 g/mol. The molecule has 0 aromatic heterocycles. The maximum absolute atomic E-state index is 5.80. The van der Waals surface area contributed by atoms with E-state index in [1.807, 2.05) is 7.11 Å². The Hall–Kier alpha value is -0.0800. The molecule has 0 aliphatic carbocycles. The third kappa shape index (κ3) is 4.12. The quantitative estimate of drug-likeness (QED) is 0.578. The highest BCUT2D eigenvalue weighted by atomic mass is 16.5. The van der Waals surface area contributed by atoms with Crippen molar-refractivity contribution in [1.29, 1.82) is 0 Å². The van der Waals surface area contributed by atoms with Crippen molar-refractivity contribution in [1.82, 2.24) is 0 Å². The molecule has 0 rings (SSSR count). The van der Waals surface area contributed by atoms with Crippen LogP contribution in [-0.4, -0.2) is 26.4 Å². The zero-order valence-electron chi connectivity index (χ0n) is 11.3. The van der Waals surface area contributed by atoms with Crippen LogP contribution in [0.25, 0.3) is 0 Å². The summed E-state index contributed by atoms with van der Waals surface area (Å²) in [7, 11) is 3.60. The fraction of sp³-hybridized carbons (Fsp3) is 1.00. The molecule has 0 aliphatic heterocycles. The van der Waals surface area contributed by atoms with Gasteiger partial charge in [0, 0.05) is 20.8 Å². The Morgan fingerprint density at radius 1 is 0.933 bits per heavy atom. The van der Waals surface area contributed by atoms with Crippen molar-refractivity contribution in [2.45, 2.75) is 52.6 Å². The van der Waals surface area contributed by atoms with Crippen molar-refractivity contribution >= 4 is 0 Å². The van der Waals surface area contributed by atoms with Gasteiger partial charge in [0.2, 0.25) is 0 Å². The van der Waals surface area contributed by atoms with Crippen molar-refractivity contribution in [2.24, 2.45) is 11.8 Å². The van der Waals surface area contributed by atoms with Crippen molar-refractivity contribution in [3.8, 4) is 0 Å². The van der Waals surface area contributed by atoms with Crippen LogP contribution in [0.4, 0.5) is 0 Å². The summed E-state index contributed by atoms with van der Waals surface area (Å²) in [5.74, 6) is 1.12. The van der Waals surface area contributed by atoms with Gasteiger partial charge in [-0.15, -0.1) is 0 Å². The molecule has 0 N–H and O–H groups in total. The summed E-state index contributed by atoms with van der Waals surface area (Å²) in [6.07, 6.45) is 3.43. The van der Waals surface area contributed by atoms with Gasteiger partial charge in [-0.3, -0.25) is 0 Å². The van der Waals surface area contributed by atoms with Crippen LogP contribution in [0.2, 0.25) is 0 Å². The molecule has 0 aliphatic rings. The Bertz CT molecular complexity index is 145. The number of hydrogen-bond donors (Lipinski definition) is 0. The molecule has 15 heavy (non-hydrogen) atoms. The second kappa shape index (κ2) is 7.24. The highest BCUT2D eigenvalue weighted by Gasteiger charge is 2.36. The molecule has 0 radical (unpaired) electrons. The van der Waals surface area contributed by atoms with Gasteiger partial charge in [0.15, 0.2) is 0 Å². The van der Waals surface area contributed by atoms with E-state index in [4.69, 9.17) is 9.47 Å². The largest absolute Gasteiger partial charge is 0.385 e. The van der Waals surface area contributed by atoms with E-state index in [2.05, 4.69) is 27.7 Å². The van der Waals surface area contributed by atoms with Gasteiger partial charge in [-0.1, -0.05) is 27.7 Å². The fourth-order valence-electron chi connectivity index (χ4n) is 2.47. The average molecular weight is 216 g/mol. The van der Waals surface area contributed by atoms with Crippen LogP contribution in [0.3, 0.4) is 0 Å². The van der Waals surface area contributed by atoms with E-state index >= 15 is 0 Å². The van der Waals surface area contributed by atoms with E-state index in [1.165, 1.54) is 6.42 Å². The predicted molar refractivity (Wildman–Crippen MR) is 65.1 cm³/mol. The van der Waals surface area contributed by atoms with Crippen molar-refractivity contribution in [2.75, 3.05) is 20.8 Å². The zero-order chi connectivity index (χ0) is 11.9. The fourth-order valence-corrected chi connectivity index (χ4v) is 2.47. The van der Waals surface area contributed by atoms with Gasteiger partial charge in [0.25, 0.3) is 0 Å². The topological polar surface area (TPSA) is 18.5 Å². The van der Waals surface area contributed by atoms with E-state index in [-0.39, 0.29) is 5.60 Å². The predicted octanol–water partition coefficient (Wildman–Crippen LogP) is 3.50. The molecule has 0 aromatic carbocycles. The highest BCUT2D eigenvalue weighted by molar-refractivity contribution is 4.86. The third-order valence-corrected chi connectivity index (χ3v) is 3.50. The van der Waals surface area contributed by atoms with E-state index < -0.39 is 0 Å². The van der Waals surface area contributed by atoms with E-state index in [1.54, 1.807) is 7.11 Å². The first-order valence-corrected chi connectivity index (χ1v) is 6.05. The summed E-state index contributed by atoms with van der Waals surface area (Å²) in [6.45, 7) is 9.86. The molecule has 0 unspecified atom stereocenters. The summed E-state index contributed by atoms with van der Waals surface area (Å²) in [5, 5.41) is 0. The molecule has 92 valence electrons. The van der Waals surface area contributed by atoms with Crippen molar-refractivity contribution in [3.05, 3.63) is 0 Å². The minimum Gasteiger partial charge on any atom is -0.385 e. The maximum atomic E-state index is 5.80. The molecule has 2 heteroatoms. The Morgan fingerprint density at radius 3 is 1.80 bits per heavy atom. The van der Waals surface area contributed by atoms with Gasteiger partial charge in [0.1, 0.15) is 0 Å². The number of rotatable bonds is 8. The summed E-state index contributed by atoms with van der Waals surface area (Å²) in [6, 6.07) is 0. The third-order valence-electron chi connectivity index (χ3n) is 3.50. The number of hydrogen-bond acceptors (Lipinski definition) is 2. The van der Waals surface area contributed by atoms with Crippen LogP contribution in [-0.2, 0) is 9.47 Å². The van der Waals surface area contributed by atoms with Crippen LogP contribution in [0, 0.1) is 11.8 Å². The molecule has 0 amide bonds. The average Bonchev–Trinajstić information content (AvgIpc) is 2.17. The Labute approximate surface area is 95.3 Å². The smallest absolute Gasteiger partial charge is 0.0724 e. The number of unbranched alkanes of at least 4 members (excludes halogenated alkanes) is 1. The lowest BCUT2D eigenvalue weighted by atomic mass is 9.76. The van der Waals surface area contributed by atoms with Gasteiger partial charge < -0.3 is 9.47 Å². The van der Waals surface area contributed by atoms with Crippen LogP contribution >= 0.6 is 0 Å². The molecule has 0 aromatic rings. The molecular weight excluding hydrogens is 188 g/mol. The summed E-state index contributed by atoms with van der Waals surface area (Å²) in [4.78, 5) is 0. The van der Waals surface area contributed by atoms with Crippen LogP contribution in [0.15, 0.2) is 0 Å². The first-order chi connectivity index (χ1) is 7.01. The van der Waals surface area contributed by atoms with E-state index in [0.717, 1.165) is 19.4 Å². The molecule has 2 nitrogen and oxygen atoms in total. The second-order valence-electron chi connectivity index (χ2n) is 4.92. The maximum Gasteiger partial charge on any atom is 0.0724 e. The van der Waals surface area contributed by atoms with E-state index in [0.29, 0.717) is 11.8 Å². The molecule has 0 saturated carbocycles. The van der Waals surface area contributed by atoms with Crippen LogP contribution < -0.4 is 0 Å². The van der Waals surface area contributed by atoms with Gasteiger partial charge in [-0.25, -0.2) is 0 Å². The zero-order valence-corrected chi connectivity index (χ0v) is 11.3. The van der Waals surface area contributed by atoms with Gasteiger partial charge in [-0.2, -0.15) is 0 Å². The van der Waals surface area contributed by atoms with Gasteiger partial charge in [-0.05, 0) is 31.1 Å². The molecule has 0 fully saturated rings. The van der Waals surface area contributed by atoms with Gasteiger partial charge in [0.05, 0.1) is 5.60 Å². The highest BCUT2D eigenvalue weighted by Crippen LogP contribution is 2.34. The lowest BCUT2D eigenvalue weighted by Gasteiger charge is -2.40. The summed E-state index contributed by atoms with van der Waals surface area (Å²) in [5.41, 5.74) is 0.0355. The Balaban J connectivity index is 4.23. The minimum atomic E-state index is 0.0355. The molecule has 0 saturated heterocycles. The van der Waals surface area contributed by atoms with Crippen LogP contribution in [0.1, 0.15) is 47.0 Å². The SMILES string of the molecule is COCCCCC(OC)(C(C)C)C(C)C. The lowest BCUT2D eigenvalue weighted by Crippen LogP contribution is -2.42.